The molecule has 0 aliphatic carbocycles. The maximum atomic E-state index is 13.5. The fraction of sp³-hybridized carbons (Fsp3) is 0.520. The quantitative estimate of drug-likeness (QED) is 0.472. The number of benzene rings is 1. The molecule has 0 saturated heterocycles. The molecule has 1 aromatic carbocycles. The topological polar surface area (TPSA) is 89.9 Å². The van der Waals surface area contributed by atoms with Gasteiger partial charge in [-0.05, 0) is 29.4 Å². The van der Waals surface area contributed by atoms with Gasteiger partial charge in [0.25, 0.3) is 5.91 Å². The number of likely N-dealkylation sites (N-methyl/N-ethyl adjacent to an activating group) is 1. The van der Waals surface area contributed by atoms with Crippen molar-refractivity contribution in [2.75, 3.05) is 49.3 Å². The highest BCUT2D eigenvalue weighted by Gasteiger charge is 2.31. The Kier molecular flexibility index (Phi) is 7.45. The summed E-state index contributed by atoms with van der Waals surface area (Å²) in [4.78, 5) is 39.5. The molecule has 2 aromatic rings. The first kappa shape index (κ1) is 25.8. The van der Waals surface area contributed by atoms with Gasteiger partial charge in [0.1, 0.15) is 11.4 Å². The Bertz CT molecular complexity index is 1070. The van der Waals surface area contributed by atoms with E-state index < -0.39 is 11.5 Å². The molecule has 0 atom stereocenters. The lowest BCUT2D eigenvalue weighted by Gasteiger charge is -2.35. The van der Waals surface area contributed by atoms with E-state index in [1.165, 1.54) is 16.7 Å². The molecule has 0 saturated carbocycles. The molecule has 1 N–H and O–H groups in total. The van der Waals surface area contributed by atoms with Crippen LogP contribution in [0.2, 0.25) is 0 Å². The molecule has 184 valence electrons. The molecule has 1 aromatic heterocycles. The number of carboxylic acid groups (broad SMARTS) is 1. The Morgan fingerprint density at radius 2 is 1.88 bits per heavy atom. The first-order valence-corrected chi connectivity index (χ1v) is 12.6. The highest BCUT2D eigenvalue weighted by atomic mass is 32.2. The number of anilines is 2. The van der Waals surface area contributed by atoms with Gasteiger partial charge in [-0.3, -0.25) is 4.79 Å². The zero-order valence-corrected chi connectivity index (χ0v) is 21.9. The second-order valence-corrected chi connectivity index (χ2v) is 11.4. The molecule has 1 aliphatic rings. The molecule has 0 unspecified atom stereocenters. The highest BCUT2D eigenvalue weighted by Crippen LogP contribution is 2.32. The van der Waals surface area contributed by atoms with Gasteiger partial charge >= 0.3 is 6.09 Å². The van der Waals surface area contributed by atoms with E-state index in [0.717, 1.165) is 11.3 Å². The van der Waals surface area contributed by atoms with Crippen molar-refractivity contribution in [1.29, 1.82) is 0 Å². The number of carbonyl (C=O) groups is 2. The molecular formula is C25H35N5O3S. The number of hydrogen-bond acceptors (Lipinski definition) is 6. The molecule has 0 fully saturated rings. The van der Waals surface area contributed by atoms with Crippen molar-refractivity contribution >= 4 is 35.3 Å². The zero-order chi connectivity index (χ0) is 25.3. The summed E-state index contributed by atoms with van der Waals surface area (Å²) in [6.07, 6.45) is 2.59. The fourth-order valence-electron chi connectivity index (χ4n) is 4.17. The summed E-state index contributed by atoms with van der Waals surface area (Å²) in [5.41, 5.74) is 1.64. The molecule has 0 radical (unpaired) electrons. The molecule has 9 heteroatoms. The summed E-state index contributed by atoms with van der Waals surface area (Å²) >= 11 is 1.44. The van der Waals surface area contributed by atoms with Crippen LogP contribution in [0, 0.1) is 5.41 Å². The van der Waals surface area contributed by atoms with Crippen LogP contribution in [0.1, 0.15) is 50.5 Å². The Labute approximate surface area is 206 Å². The molecular weight excluding hydrogens is 450 g/mol. The second-order valence-electron chi connectivity index (χ2n) is 10.6. The van der Waals surface area contributed by atoms with Crippen molar-refractivity contribution < 1.29 is 14.7 Å². The normalized spacial score (nSPS) is 14.6. The van der Waals surface area contributed by atoms with Crippen LogP contribution in [-0.4, -0.2) is 71.5 Å². The standard InChI is InChI=1S/C25H35N5O3S/c1-24(2,3)15-29(23(32)33)16-25(4,5)17-9-8-10-18(13-17)30-12-11-28(6)20-19(21(30)31)14-26-22(27-20)34-7/h8-10,13-14H,11-12,15-16H2,1-7H3,(H,32,33). The van der Waals surface area contributed by atoms with Gasteiger partial charge in [0.15, 0.2) is 5.16 Å². The SMILES string of the molecule is CSc1ncc2c(n1)N(C)CCN(c1cccc(C(C)(C)CN(CC(C)(C)C)C(=O)O)c1)C2=O. The number of amides is 2. The van der Waals surface area contributed by atoms with E-state index in [2.05, 4.69) is 9.97 Å². The average Bonchev–Trinajstić information content (AvgIpc) is 2.88. The lowest BCUT2D eigenvalue weighted by atomic mass is 9.83. The van der Waals surface area contributed by atoms with Crippen LogP contribution in [0.25, 0.3) is 0 Å². The number of fused-ring (bicyclic) bond motifs is 1. The summed E-state index contributed by atoms with van der Waals surface area (Å²) in [5, 5.41) is 10.4. The van der Waals surface area contributed by atoms with Crippen LogP contribution in [-0.2, 0) is 5.41 Å². The van der Waals surface area contributed by atoms with E-state index in [4.69, 9.17) is 0 Å². The molecule has 1 aliphatic heterocycles. The molecule has 2 amide bonds. The molecule has 8 nitrogen and oxygen atoms in total. The summed E-state index contributed by atoms with van der Waals surface area (Å²) < 4.78 is 0. The summed E-state index contributed by atoms with van der Waals surface area (Å²) in [6, 6.07) is 7.84. The van der Waals surface area contributed by atoms with Gasteiger partial charge in [0, 0.05) is 50.5 Å². The summed E-state index contributed by atoms with van der Waals surface area (Å²) in [7, 11) is 1.93. The van der Waals surface area contributed by atoms with E-state index in [1.807, 2.05) is 77.1 Å². The number of carbonyl (C=O) groups excluding carboxylic acids is 1. The van der Waals surface area contributed by atoms with E-state index in [1.54, 1.807) is 11.1 Å². The Hall–Kier alpha value is -2.81. The first-order valence-electron chi connectivity index (χ1n) is 11.3. The van der Waals surface area contributed by atoms with E-state index in [-0.39, 0.29) is 11.3 Å². The van der Waals surface area contributed by atoms with Crippen molar-refractivity contribution in [3.05, 3.63) is 41.6 Å². The van der Waals surface area contributed by atoms with Gasteiger partial charge < -0.3 is 19.8 Å². The zero-order valence-electron chi connectivity index (χ0n) is 21.1. The maximum Gasteiger partial charge on any atom is 0.407 e. The Balaban J connectivity index is 1.92. The largest absolute Gasteiger partial charge is 0.465 e. The monoisotopic (exact) mass is 485 g/mol. The van der Waals surface area contributed by atoms with Crippen molar-refractivity contribution in [2.24, 2.45) is 5.41 Å². The lowest BCUT2D eigenvalue weighted by Crippen LogP contribution is -2.44. The van der Waals surface area contributed by atoms with Gasteiger partial charge in [-0.25, -0.2) is 14.8 Å². The predicted octanol–water partition coefficient (Wildman–Crippen LogP) is 4.60. The third kappa shape index (κ3) is 5.81. The third-order valence-corrected chi connectivity index (χ3v) is 6.45. The van der Waals surface area contributed by atoms with E-state index in [0.29, 0.717) is 42.7 Å². The number of thioether (sulfide) groups is 1. The van der Waals surface area contributed by atoms with Gasteiger partial charge in [0.2, 0.25) is 0 Å². The molecule has 3 rings (SSSR count). The minimum absolute atomic E-state index is 0.137. The van der Waals surface area contributed by atoms with Crippen LogP contribution >= 0.6 is 11.8 Å². The Morgan fingerprint density at radius 3 is 2.50 bits per heavy atom. The predicted molar refractivity (Wildman–Crippen MR) is 137 cm³/mol. The minimum atomic E-state index is -0.925. The van der Waals surface area contributed by atoms with Gasteiger partial charge in [-0.15, -0.1) is 0 Å². The van der Waals surface area contributed by atoms with Gasteiger partial charge in [0.05, 0.1) is 0 Å². The second kappa shape index (κ2) is 9.82. The van der Waals surface area contributed by atoms with Crippen molar-refractivity contribution in [3.63, 3.8) is 0 Å². The van der Waals surface area contributed by atoms with Crippen LogP contribution in [0.15, 0.2) is 35.6 Å². The lowest BCUT2D eigenvalue weighted by molar-refractivity contribution is 0.0989. The number of rotatable bonds is 6. The maximum absolute atomic E-state index is 13.5. The van der Waals surface area contributed by atoms with Crippen LogP contribution in [0.5, 0.6) is 0 Å². The number of nitrogens with zero attached hydrogens (tertiary/aromatic N) is 5. The van der Waals surface area contributed by atoms with Crippen LogP contribution < -0.4 is 9.80 Å². The third-order valence-electron chi connectivity index (χ3n) is 5.89. The van der Waals surface area contributed by atoms with Crippen LogP contribution in [0.4, 0.5) is 16.3 Å². The van der Waals surface area contributed by atoms with Crippen molar-refractivity contribution in [2.45, 2.75) is 45.2 Å². The van der Waals surface area contributed by atoms with Gasteiger partial charge in [-0.1, -0.05) is 58.5 Å². The van der Waals surface area contributed by atoms with E-state index >= 15 is 0 Å². The first-order chi connectivity index (χ1) is 15.8. The van der Waals surface area contributed by atoms with Crippen molar-refractivity contribution in [1.82, 2.24) is 14.9 Å². The fourth-order valence-corrected chi connectivity index (χ4v) is 4.51. The van der Waals surface area contributed by atoms with Crippen molar-refractivity contribution in [3.8, 4) is 0 Å². The minimum Gasteiger partial charge on any atom is -0.465 e. The average molecular weight is 486 g/mol. The molecule has 0 spiro atoms. The number of hydrogen-bond donors (Lipinski definition) is 1. The smallest absolute Gasteiger partial charge is 0.407 e. The van der Waals surface area contributed by atoms with Crippen LogP contribution in [0.3, 0.4) is 0 Å². The van der Waals surface area contributed by atoms with Gasteiger partial charge in [-0.2, -0.15) is 0 Å². The number of aromatic nitrogens is 2. The molecule has 34 heavy (non-hydrogen) atoms. The molecule has 2 heterocycles. The molecule has 0 bridgehead atoms. The highest BCUT2D eigenvalue weighted by molar-refractivity contribution is 7.98. The van der Waals surface area contributed by atoms with E-state index in [9.17, 15) is 14.7 Å². The summed E-state index contributed by atoms with van der Waals surface area (Å²) in [6.45, 7) is 12.1. The summed E-state index contributed by atoms with van der Waals surface area (Å²) in [5.74, 6) is 0.504. The Morgan fingerprint density at radius 1 is 1.18 bits per heavy atom.